The highest BCUT2D eigenvalue weighted by Gasteiger charge is 2.26. The van der Waals surface area contributed by atoms with Gasteiger partial charge in [0.15, 0.2) is 0 Å². The van der Waals surface area contributed by atoms with E-state index in [1.54, 1.807) is 4.90 Å². The molecule has 0 heterocycles. The minimum Gasteiger partial charge on any atom is -0.481 e. The molecule has 1 atom stereocenters. The lowest BCUT2D eigenvalue weighted by molar-refractivity contribution is -0.137. The number of rotatable bonds is 10. The lowest BCUT2D eigenvalue weighted by Gasteiger charge is -2.32. The minimum atomic E-state index is -0.908. The Morgan fingerprint density at radius 1 is 1.13 bits per heavy atom. The third-order valence-electron chi connectivity index (χ3n) is 3.72. The highest BCUT2D eigenvalue weighted by atomic mass is 16.6. The Kier molecular flexibility index (Phi) is 9.88. The molecule has 0 aliphatic rings. The van der Waals surface area contributed by atoms with Crippen LogP contribution in [-0.4, -0.2) is 64.8 Å². The molecule has 0 aromatic rings. The average molecular weight is 330 g/mol. The molecule has 0 unspecified atom stereocenters. The first-order valence-electron chi connectivity index (χ1n) is 8.54. The Hall–Kier alpha value is -1.30. The first-order chi connectivity index (χ1) is 10.6. The summed E-state index contributed by atoms with van der Waals surface area (Å²) in [5.41, 5.74) is -0.584. The van der Waals surface area contributed by atoms with E-state index in [0.29, 0.717) is 0 Å². The van der Waals surface area contributed by atoms with Crippen LogP contribution in [-0.2, 0) is 9.53 Å². The van der Waals surface area contributed by atoms with Crippen LogP contribution >= 0.6 is 0 Å². The maximum Gasteiger partial charge on any atom is 0.410 e. The smallest absolute Gasteiger partial charge is 0.410 e. The van der Waals surface area contributed by atoms with E-state index >= 15 is 0 Å². The summed E-state index contributed by atoms with van der Waals surface area (Å²) >= 11 is 0. The quantitative estimate of drug-likeness (QED) is 0.666. The molecular weight excluding hydrogens is 296 g/mol. The normalized spacial score (nSPS) is 13.0. The molecule has 1 amide bonds. The van der Waals surface area contributed by atoms with Crippen molar-refractivity contribution in [2.75, 3.05) is 26.2 Å². The average Bonchev–Trinajstić information content (AvgIpc) is 2.41. The molecule has 0 aliphatic carbocycles. The number of carboxylic acids is 1. The second-order valence-electron chi connectivity index (χ2n) is 6.84. The van der Waals surface area contributed by atoms with Crippen LogP contribution in [0.25, 0.3) is 0 Å². The van der Waals surface area contributed by atoms with E-state index in [-0.39, 0.29) is 19.0 Å². The van der Waals surface area contributed by atoms with E-state index in [4.69, 9.17) is 9.84 Å². The second kappa shape index (κ2) is 10.5. The van der Waals surface area contributed by atoms with Crippen LogP contribution in [0.3, 0.4) is 0 Å². The van der Waals surface area contributed by atoms with Crippen LogP contribution in [0.15, 0.2) is 0 Å². The fourth-order valence-electron chi connectivity index (χ4n) is 2.33. The summed E-state index contributed by atoms with van der Waals surface area (Å²) in [4.78, 5) is 27.0. The topological polar surface area (TPSA) is 70.1 Å². The Balaban J connectivity index is 4.64. The molecule has 0 aromatic carbocycles. The molecule has 0 spiro atoms. The number of carbonyl (C=O) groups excluding carboxylic acids is 1. The molecular formula is C17H34N2O4. The maximum absolute atomic E-state index is 12.3. The standard InChI is InChI=1S/C17H34N2O4/c1-7-18(8-2)12-9-10-14(3)19(13-11-15(20)21)16(22)23-17(4,5)6/h14H,7-13H2,1-6H3,(H,20,21)/t14-/m0/s1. The number of ether oxygens (including phenoxy) is 1. The molecule has 0 aliphatic heterocycles. The van der Waals surface area contributed by atoms with Crippen molar-refractivity contribution in [1.82, 2.24) is 9.80 Å². The van der Waals surface area contributed by atoms with Gasteiger partial charge in [0.2, 0.25) is 0 Å². The Bertz CT molecular complexity index is 362. The van der Waals surface area contributed by atoms with Crippen LogP contribution in [0.2, 0.25) is 0 Å². The number of carboxylic acid groups (broad SMARTS) is 1. The molecule has 1 N–H and O–H groups in total. The molecule has 0 radical (unpaired) electrons. The highest BCUT2D eigenvalue weighted by Crippen LogP contribution is 2.15. The lowest BCUT2D eigenvalue weighted by atomic mass is 10.1. The van der Waals surface area contributed by atoms with Crippen LogP contribution in [0, 0.1) is 0 Å². The Labute approximate surface area is 140 Å². The Morgan fingerprint density at radius 2 is 1.70 bits per heavy atom. The zero-order chi connectivity index (χ0) is 18.0. The van der Waals surface area contributed by atoms with E-state index in [2.05, 4.69) is 18.7 Å². The number of aliphatic carboxylic acids is 1. The second-order valence-corrected chi connectivity index (χ2v) is 6.84. The van der Waals surface area contributed by atoms with Gasteiger partial charge in [0.25, 0.3) is 0 Å². The summed E-state index contributed by atoms with van der Waals surface area (Å²) in [7, 11) is 0. The van der Waals surface area contributed by atoms with Crippen molar-refractivity contribution in [3.8, 4) is 0 Å². The van der Waals surface area contributed by atoms with Gasteiger partial charge in [-0.2, -0.15) is 0 Å². The summed E-state index contributed by atoms with van der Waals surface area (Å²) in [5.74, 6) is -0.908. The molecule has 6 nitrogen and oxygen atoms in total. The van der Waals surface area contributed by atoms with E-state index in [9.17, 15) is 9.59 Å². The number of amides is 1. The van der Waals surface area contributed by atoms with Gasteiger partial charge in [-0.25, -0.2) is 4.79 Å². The minimum absolute atomic E-state index is 0.0419. The van der Waals surface area contributed by atoms with Crippen molar-refractivity contribution in [2.24, 2.45) is 0 Å². The van der Waals surface area contributed by atoms with E-state index in [1.165, 1.54) is 0 Å². The predicted octanol–water partition coefficient (Wildman–Crippen LogP) is 3.21. The third kappa shape index (κ3) is 10.2. The summed E-state index contributed by atoms with van der Waals surface area (Å²) in [6, 6.07) is -0.0419. The molecule has 0 fully saturated rings. The van der Waals surface area contributed by atoms with Crippen LogP contribution in [0.1, 0.15) is 60.8 Å². The van der Waals surface area contributed by atoms with Crippen LogP contribution < -0.4 is 0 Å². The molecule has 0 saturated heterocycles. The summed E-state index contributed by atoms with van der Waals surface area (Å²) < 4.78 is 5.41. The van der Waals surface area contributed by atoms with Crippen molar-refractivity contribution in [2.45, 2.75) is 72.4 Å². The van der Waals surface area contributed by atoms with Gasteiger partial charge in [0.05, 0.1) is 6.42 Å². The zero-order valence-electron chi connectivity index (χ0n) is 15.6. The molecule has 0 saturated carbocycles. The molecule has 0 bridgehead atoms. The number of nitrogens with zero attached hydrogens (tertiary/aromatic N) is 2. The van der Waals surface area contributed by atoms with Gasteiger partial charge in [0.1, 0.15) is 5.60 Å². The van der Waals surface area contributed by atoms with Crippen molar-refractivity contribution in [3.63, 3.8) is 0 Å². The largest absolute Gasteiger partial charge is 0.481 e. The monoisotopic (exact) mass is 330 g/mol. The third-order valence-corrected chi connectivity index (χ3v) is 3.72. The van der Waals surface area contributed by atoms with Gasteiger partial charge in [-0.3, -0.25) is 4.79 Å². The van der Waals surface area contributed by atoms with Crippen LogP contribution in [0.5, 0.6) is 0 Å². The maximum atomic E-state index is 12.3. The fourth-order valence-corrected chi connectivity index (χ4v) is 2.33. The van der Waals surface area contributed by atoms with E-state index < -0.39 is 17.7 Å². The lowest BCUT2D eigenvalue weighted by Crippen LogP contribution is -2.43. The van der Waals surface area contributed by atoms with Gasteiger partial charge in [-0.15, -0.1) is 0 Å². The van der Waals surface area contributed by atoms with E-state index in [1.807, 2.05) is 27.7 Å². The highest BCUT2D eigenvalue weighted by molar-refractivity contribution is 5.71. The van der Waals surface area contributed by atoms with Crippen molar-refractivity contribution in [3.05, 3.63) is 0 Å². The molecule has 23 heavy (non-hydrogen) atoms. The number of carbonyl (C=O) groups is 2. The van der Waals surface area contributed by atoms with Crippen molar-refractivity contribution in [1.29, 1.82) is 0 Å². The van der Waals surface area contributed by atoms with Gasteiger partial charge in [-0.05, 0) is 60.2 Å². The van der Waals surface area contributed by atoms with E-state index in [0.717, 1.165) is 32.5 Å². The summed E-state index contributed by atoms with van der Waals surface area (Å²) in [5, 5.41) is 8.89. The Morgan fingerprint density at radius 3 is 2.13 bits per heavy atom. The van der Waals surface area contributed by atoms with Crippen molar-refractivity contribution < 1.29 is 19.4 Å². The van der Waals surface area contributed by atoms with Crippen molar-refractivity contribution >= 4 is 12.1 Å². The first-order valence-corrected chi connectivity index (χ1v) is 8.54. The SMILES string of the molecule is CCN(CC)CCC[C@H](C)N(CCC(=O)O)C(=O)OC(C)(C)C. The number of hydrogen-bond acceptors (Lipinski definition) is 4. The number of hydrogen-bond donors (Lipinski definition) is 1. The van der Waals surface area contributed by atoms with Gasteiger partial charge < -0.3 is 19.6 Å². The zero-order valence-corrected chi connectivity index (χ0v) is 15.6. The van der Waals surface area contributed by atoms with Crippen LogP contribution in [0.4, 0.5) is 4.79 Å². The first kappa shape index (κ1) is 21.7. The predicted molar refractivity (Wildman–Crippen MR) is 91.7 cm³/mol. The fraction of sp³-hybridized carbons (Fsp3) is 0.882. The molecule has 6 heteroatoms. The molecule has 136 valence electrons. The van der Waals surface area contributed by atoms with Gasteiger partial charge in [-0.1, -0.05) is 13.8 Å². The summed E-state index contributed by atoms with van der Waals surface area (Å²) in [6.45, 7) is 14.8. The molecule has 0 rings (SSSR count). The van der Waals surface area contributed by atoms with Gasteiger partial charge >= 0.3 is 12.1 Å². The summed E-state index contributed by atoms with van der Waals surface area (Å²) in [6.07, 6.45) is 1.29. The molecule has 0 aromatic heterocycles. The van der Waals surface area contributed by atoms with Gasteiger partial charge in [0, 0.05) is 12.6 Å².